The van der Waals surface area contributed by atoms with Crippen LogP contribution >= 0.6 is 11.6 Å². The quantitative estimate of drug-likeness (QED) is 0.705. The van der Waals surface area contributed by atoms with Gasteiger partial charge in [0.05, 0.1) is 23.8 Å². The first-order chi connectivity index (χ1) is 9.99. The molecule has 0 radical (unpaired) electrons. The minimum atomic E-state index is -0.918. The lowest BCUT2D eigenvalue weighted by molar-refractivity contribution is -0.137. The van der Waals surface area contributed by atoms with Crippen LogP contribution in [-0.2, 0) is 4.79 Å². The molecule has 0 unspecified atom stereocenters. The van der Waals surface area contributed by atoms with Gasteiger partial charge >= 0.3 is 5.97 Å². The van der Waals surface area contributed by atoms with Crippen molar-refractivity contribution in [3.8, 4) is 11.5 Å². The number of hydrogen-bond donors (Lipinski definition) is 1. The van der Waals surface area contributed by atoms with Crippen LogP contribution in [0.4, 0.5) is 0 Å². The number of hydrogen-bond acceptors (Lipinski definition) is 4. The van der Waals surface area contributed by atoms with Crippen LogP contribution < -0.4 is 9.47 Å². The SMILES string of the molecule is CCOc1cc(C(=O)CCCC(=O)O)c(OCC)cc1Cl. The highest BCUT2D eigenvalue weighted by molar-refractivity contribution is 6.32. The Morgan fingerprint density at radius 1 is 1.10 bits per heavy atom. The van der Waals surface area contributed by atoms with Crippen LogP contribution in [0.15, 0.2) is 12.1 Å². The highest BCUT2D eigenvalue weighted by Crippen LogP contribution is 2.33. The molecule has 0 saturated carbocycles. The number of Topliss-reactive ketones (excluding diaryl/α,β-unsaturated/α-hetero) is 1. The van der Waals surface area contributed by atoms with E-state index in [2.05, 4.69) is 0 Å². The van der Waals surface area contributed by atoms with Crippen molar-refractivity contribution in [3.63, 3.8) is 0 Å². The number of carboxylic acid groups (broad SMARTS) is 1. The molecule has 21 heavy (non-hydrogen) atoms. The first-order valence-corrected chi connectivity index (χ1v) is 7.21. The van der Waals surface area contributed by atoms with E-state index in [1.54, 1.807) is 12.1 Å². The number of carbonyl (C=O) groups excluding carboxylic acids is 1. The van der Waals surface area contributed by atoms with Crippen molar-refractivity contribution in [2.75, 3.05) is 13.2 Å². The van der Waals surface area contributed by atoms with Crippen LogP contribution in [-0.4, -0.2) is 30.1 Å². The fraction of sp³-hybridized carbons (Fsp3) is 0.467. The van der Waals surface area contributed by atoms with Gasteiger partial charge in [-0.1, -0.05) is 11.6 Å². The van der Waals surface area contributed by atoms with Gasteiger partial charge in [-0.05, 0) is 26.3 Å². The number of halogens is 1. The van der Waals surface area contributed by atoms with Crippen molar-refractivity contribution in [2.24, 2.45) is 0 Å². The van der Waals surface area contributed by atoms with Gasteiger partial charge in [0.2, 0.25) is 0 Å². The summed E-state index contributed by atoms with van der Waals surface area (Å²) in [5, 5.41) is 8.99. The molecular formula is C15H19ClO5. The maximum atomic E-state index is 12.2. The van der Waals surface area contributed by atoms with Crippen molar-refractivity contribution in [1.29, 1.82) is 0 Å². The Balaban J connectivity index is 2.97. The normalized spacial score (nSPS) is 10.2. The molecule has 0 spiro atoms. The highest BCUT2D eigenvalue weighted by atomic mass is 35.5. The van der Waals surface area contributed by atoms with Crippen LogP contribution in [0, 0.1) is 0 Å². The smallest absolute Gasteiger partial charge is 0.303 e. The molecule has 5 nitrogen and oxygen atoms in total. The Kier molecular flexibility index (Phi) is 7.02. The van der Waals surface area contributed by atoms with Gasteiger partial charge in [0.15, 0.2) is 5.78 Å². The van der Waals surface area contributed by atoms with Gasteiger partial charge in [-0.15, -0.1) is 0 Å². The first-order valence-electron chi connectivity index (χ1n) is 6.83. The maximum Gasteiger partial charge on any atom is 0.303 e. The monoisotopic (exact) mass is 314 g/mol. The lowest BCUT2D eigenvalue weighted by Gasteiger charge is -2.13. The van der Waals surface area contributed by atoms with Gasteiger partial charge in [0.25, 0.3) is 0 Å². The fourth-order valence-corrected chi connectivity index (χ4v) is 2.04. The minimum Gasteiger partial charge on any atom is -0.493 e. The van der Waals surface area contributed by atoms with E-state index in [0.29, 0.717) is 35.3 Å². The summed E-state index contributed by atoms with van der Waals surface area (Å²) in [6.07, 6.45) is 0.382. The number of ketones is 1. The zero-order valence-corrected chi connectivity index (χ0v) is 12.9. The van der Waals surface area contributed by atoms with E-state index in [9.17, 15) is 9.59 Å². The summed E-state index contributed by atoms with van der Waals surface area (Å²) in [6.45, 7) is 4.46. The molecule has 1 aromatic rings. The maximum absolute atomic E-state index is 12.2. The Morgan fingerprint density at radius 2 is 1.71 bits per heavy atom. The Hall–Kier alpha value is -1.75. The lowest BCUT2D eigenvalue weighted by Crippen LogP contribution is -2.06. The predicted molar refractivity (Wildman–Crippen MR) is 79.6 cm³/mol. The predicted octanol–water partition coefficient (Wildman–Crippen LogP) is 3.58. The summed E-state index contributed by atoms with van der Waals surface area (Å²) in [7, 11) is 0. The molecule has 1 aromatic carbocycles. The van der Waals surface area contributed by atoms with Gasteiger partial charge < -0.3 is 14.6 Å². The summed E-state index contributed by atoms with van der Waals surface area (Å²) in [5.74, 6) is -0.285. The summed E-state index contributed by atoms with van der Waals surface area (Å²) >= 11 is 6.07. The Labute approximate surface area is 128 Å². The van der Waals surface area contributed by atoms with Gasteiger partial charge in [0, 0.05) is 18.9 Å². The second kappa shape index (κ2) is 8.52. The number of aliphatic carboxylic acids is 1. The average molecular weight is 315 g/mol. The fourth-order valence-electron chi connectivity index (χ4n) is 1.83. The second-order valence-electron chi connectivity index (χ2n) is 4.32. The van der Waals surface area contributed by atoms with Crippen molar-refractivity contribution >= 4 is 23.4 Å². The molecule has 0 fully saturated rings. The number of carboxylic acids is 1. The molecule has 1 N–H and O–H groups in total. The molecule has 0 aliphatic heterocycles. The molecule has 0 heterocycles. The number of carbonyl (C=O) groups is 2. The first kappa shape index (κ1) is 17.3. The molecule has 0 aromatic heterocycles. The van der Waals surface area contributed by atoms with Gasteiger partial charge in [-0.3, -0.25) is 9.59 Å². The number of benzene rings is 1. The summed E-state index contributed by atoms with van der Waals surface area (Å²) < 4.78 is 10.8. The molecular weight excluding hydrogens is 296 g/mol. The Morgan fingerprint density at radius 3 is 2.29 bits per heavy atom. The van der Waals surface area contributed by atoms with Gasteiger partial charge in [-0.25, -0.2) is 0 Å². The molecule has 0 bridgehead atoms. The molecule has 0 amide bonds. The number of ether oxygens (including phenoxy) is 2. The standard InChI is InChI=1S/C15H19ClO5/c1-3-20-13-9-11(16)14(21-4-2)8-10(13)12(17)6-5-7-15(18)19/h8-9H,3-7H2,1-2H3,(H,18,19). The summed E-state index contributed by atoms with van der Waals surface area (Å²) in [4.78, 5) is 22.7. The van der Waals surface area contributed by atoms with Crippen LogP contribution in [0.25, 0.3) is 0 Å². The van der Waals surface area contributed by atoms with E-state index in [0.717, 1.165) is 0 Å². The minimum absolute atomic E-state index is 0.0401. The van der Waals surface area contributed by atoms with Crippen molar-refractivity contribution in [3.05, 3.63) is 22.7 Å². The third-order valence-electron chi connectivity index (χ3n) is 2.73. The Bertz CT molecular complexity index is 513. The number of rotatable bonds is 9. The van der Waals surface area contributed by atoms with E-state index < -0.39 is 5.97 Å². The zero-order chi connectivity index (χ0) is 15.8. The largest absolute Gasteiger partial charge is 0.493 e. The third kappa shape index (κ3) is 5.27. The van der Waals surface area contributed by atoms with Crippen molar-refractivity contribution in [2.45, 2.75) is 33.1 Å². The summed E-state index contributed by atoms with van der Waals surface area (Å²) in [6, 6.07) is 3.11. The van der Waals surface area contributed by atoms with Crippen molar-refractivity contribution in [1.82, 2.24) is 0 Å². The highest BCUT2D eigenvalue weighted by Gasteiger charge is 2.17. The van der Waals surface area contributed by atoms with E-state index in [-0.39, 0.29) is 25.0 Å². The third-order valence-corrected chi connectivity index (χ3v) is 3.02. The molecule has 0 aliphatic rings. The molecule has 6 heteroatoms. The topological polar surface area (TPSA) is 72.8 Å². The van der Waals surface area contributed by atoms with E-state index in [1.165, 1.54) is 0 Å². The van der Waals surface area contributed by atoms with E-state index in [1.807, 2.05) is 13.8 Å². The molecule has 116 valence electrons. The average Bonchev–Trinajstić information content (AvgIpc) is 2.41. The van der Waals surface area contributed by atoms with Crippen LogP contribution in [0.3, 0.4) is 0 Å². The van der Waals surface area contributed by atoms with Gasteiger partial charge in [0.1, 0.15) is 11.5 Å². The molecule has 0 aliphatic carbocycles. The van der Waals surface area contributed by atoms with Crippen LogP contribution in [0.5, 0.6) is 11.5 Å². The molecule has 0 atom stereocenters. The van der Waals surface area contributed by atoms with Crippen molar-refractivity contribution < 1.29 is 24.2 Å². The van der Waals surface area contributed by atoms with E-state index >= 15 is 0 Å². The molecule has 0 saturated heterocycles. The lowest BCUT2D eigenvalue weighted by atomic mass is 10.0. The second-order valence-corrected chi connectivity index (χ2v) is 4.72. The molecule has 1 rings (SSSR count). The van der Waals surface area contributed by atoms with Gasteiger partial charge in [-0.2, -0.15) is 0 Å². The van der Waals surface area contributed by atoms with Crippen LogP contribution in [0.1, 0.15) is 43.5 Å². The summed E-state index contributed by atoms with van der Waals surface area (Å²) in [5.41, 5.74) is 0.370. The van der Waals surface area contributed by atoms with Crippen LogP contribution in [0.2, 0.25) is 5.02 Å². The zero-order valence-electron chi connectivity index (χ0n) is 12.1. The van der Waals surface area contributed by atoms with E-state index in [4.69, 9.17) is 26.2 Å².